The second-order valence-corrected chi connectivity index (χ2v) is 16.9. The van der Waals surface area contributed by atoms with Gasteiger partial charge in [-0.2, -0.15) is 0 Å². The lowest BCUT2D eigenvalue weighted by Gasteiger charge is -2.27. The van der Waals surface area contributed by atoms with E-state index < -0.39 is 18.0 Å². The van der Waals surface area contributed by atoms with Gasteiger partial charge in [0.2, 0.25) is 0 Å². The highest BCUT2D eigenvalue weighted by atomic mass is 35.5. The first kappa shape index (κ1) is 36.9. The Morgan fingerprint density at radius 1 is 0.667 bits per heavy atom. The van der Waals surface area contributed by atoms with Crippen LogP contribution in [-0.4, -0.2) is 69.5 Å². The fourth-order valence-corrected chi connectivity index (χ4v) is 10.3. The molecule has 0 amide bonds. The van der Waals surface area contributed by atoms with Crippen molar-refractivity contribution in [3.63, 3.8) is 0 Å². The number of aliphatic hydroxyl groups is 2. The standard InChI is InChI=1S/C22H23ClN4O3.C19H19ClN4O3/c1-22(2)29-18-15(17-13-4-3-12(23)7-11(13)9-28-17)8-16(19(18)30-22)27-6-5-14-20(24)25-10-26-21(14)27;20-10-1-2-11-9(5-10)7-27-17(11)13-6-14(16(26)15(13)25)24-4-3-12-18(21)22-8-23-19(12)24/h3-7,10,15-19H,8-9H2,1-2H3,(H2,24,25,26);1-5,8,13-17,25-26H,6-7H2,(H2,21,22,23)/t15-,16-,17+,18-,19+;13-,14+,15+,16-,17-/m10/s1. The molecule has 4 aromatic heterocycles. The van der Waals surface area contributed by atoms with E-state index in [0.717, 1.165) is 44.6 Å². The molecule has 14 nitrogen and oxygen atoms in total. The molecular weight excluding hydrogens is 771 g/mol. The Balaban J connectivity index is 0.000000140. The summed E-state index contributed by atoms with van der Waals surface area (Å²) in [6, 6.07) is 15.2. The molecule has 2 saturated carbocycles. The van der Waals surface area contributed by atoms with Gasteiger partial charge in [0.15, 0.2) is 5.79 Å². The van der Waals surface area contributed by atoms with Crippen LogP contribution in [0.5, 0.6) is 0 Å². The van der Waals surface area contributed by atoms with Crippen LogP contribution in [0.1, 0.15) is 73.2 Å². The summed E-state index contributed by atoms with van der Waals surface area (Å²) < 4.78 is 29.1. The first-order valence-electron chi connectivity index (χ1n) is 19.1. The number of benzene rings is 2. The van der Waals surface area contributed by atoms with Crippen molar-refractivity contribution in [2.45, 2.75) is 94.4 Å². The Morgan fingerprint density at radius 2 is 1.18 bits per heavy atom. The minimum Gasteiger partial charge on any atom is -0.390 e. The van der Waals surface area contributed by atoms with E-state index in [1.807, 2.05) is 73.3 Å². The van der Waals surface area contributed by atoms with E-state index >= 15 is 0 Å². The van der Waals surface area contributed by atoms with Crippen LogP contribution in [-0.2, 0) is 32.2 Å². The number of ether oxygens (including phenoxy) is 4. The summed E-state index contributed by atoms with van der Waals surface area (Å²) in [7, 11) is 0. The van der Waals surface area contributed by atoms with E-state index in [4.69, 9.17) is 53.6 Å². The van der Waals surface area contributed by atoms with Gasteiger partial charge in [-0.25, -0.2) is 19.9 Å². The molecule has 0 spiro atoms. The van der Waals surface area contributed by atoms with Crippen molar-refractivity contribution < 1.29 is 29.2 Å². The van der Waals surface area contributed by atoms with Crippen molar-refractivity contribution in [2.24, 2.45) is 11.8 Å². The second kappa shape index (κ2) is 13.9. The van der Waals surface area contributed by atoms with E-state index in [-0.39, 0.29) is 48.3 Å². The number of nitrogens with zero attached hydrogens (tertiary/aromatic N) is 6. The number of anilines is 2. The van der Waals surface area contributed by atoms with Gasteiger partial charge in [0, 0.05) is 34.3 Å². The summed E-state index contributed by atoms with van der Waals surface area (Å²) in [6.07, 6.45) is 5.86. The van der Waals surface area contributed by atoms with Gasteiger partial charge in [0.25, 0.3) is 0 Å². The number of aromatic nitrogens is 6. The SMILES string of the molecule is CC1(C)O[C@@H]2[C@@H]([C@H]3OCc4cc(Cl)ccc43)C[C@@H](n3ccc4c(N)ncnc43)[C@@H]2O1.Nc1ncnc2c1ccn2[C@@H]1C[C@H]([C@H]2OCc3cc(Cl)ccc32)[C@@H](O)[C@H]1O. The zero-order valence-electron chi connectivity index (χ0n) is 31.2. The second-order valence-electron chi connectivity index (χ2n) is 16.1. The summed E-state index contributed by atoms with van der Waals surface area (Å²) >= 11 is 12.3. The molecule has 1 saturated heterocycles. The smallest absolute Gasteiger partial charge is 0.163 e. The van der Waals surface area contributed by atoms with Crippen LogP contribution in [0, 0.1) is 11.8 Å². The first-order valence-corrected chi connectivity index (χ1v) is 19.9. The monoisotopic (exact) mass is 812 g/mol. The molecule has 0 radical (unpaired) electrons. The third-order valence-corrected chi connectivity index (χ3v) is 12.9. The molecule has 2 aliphatic carbocycles. The van der Waals surface area contributed by atoms with Gasteiger partial charge in [0.1, 0.15) is 47.8 Å². The van der Waals surface area contributed by atoms with E-state index in [1.165, 1.54) is 18.2 Å². The van der Waals surface area contributed by atoms with Crippen LogP contribution >= 0.6 is 23.2 Å². The number of halogens is 2. The molecular formula is C41H42Cl2N8O6. The Morgan fingerprint density at radius 3 is 1.75 bits per heavy atom. The first-order chi connectivity index (χ1) is 27.5. The van der Waals surface area contributed by atoms with Gasteiger partial charge in [-0.05, 0) is 85.3 Å². The molecule has 2 aromatic carbocycles. The lowest BCUT2D eigenvalue weighted by atomic mass is 9.91. The summed E-state index contributed by atoms with van der Waals surface area (Å²) in [5.41, 5.74) is 17.9. The lowest BCUT2D eigenvalue weighted by molar-refractivity contribution is -0.166. The maximum atomic E-state index is 10.8. The molecule has 0 unspecified atom stereocenters. The maximum absolute atomic E-state index is 10.8. The van der Waals surface area contributed by atoms with Crippen LogP contribution in [0.15, 0.2) is 73.6 Å². The summed E-state index contributed by atoms with van der Waals surface area (Å²) in [6.45, 7) is 4.97. The Labute approximate surface area is 337 Å². The molecule has 6 aromatic rings. The van der Waals surface area contributed by atoms with Crippen LogP contribution in [0.4, 0.5) is 11.6 Å². The van der Waals surface area contributed by atoms with E-state index in [0.29, 0.717) is 41.9 Å². The van der Waals surface area contributed by atoms with Crippen molar-refractivity contribution >= 4 is 56.9 Å². The Hall–Kier alpha value is -4.38. The molecule has 5 aliphatic rings. The van der Waals surface area contributed by atoms with Crippen molar-refractivity contribution in [3.05, 3.63) is 106 Å². The van der Waals surface area contributed by atoms with E-state index in [2.05, 4.69) is 30.6 Å². The molecule has 0 bridgehead atoms. The molecule has 6 N–H and O–H groups in total. The number of fused-ring (bicyclic) bond motifs is 5. The lowest BCUT2D eigenvalue weighted by Crippen LogP contribution is -2.31. The molecule has 3 aliphatic heterocycles. The van der Waals surface area contributed by atoms with Gasteiger partial charge >= 0.3 is 0 Å². The van der Waals surface area contributed by atoms with Crippen LogP contribution < -0.4 is 11.5 Å². The third-order valence-electron chi connectivity index (χ3n) is 12.4. The summed E-state index contributed by atoms with van der Waals surface area (Å²) in [4.78, 5) is 16.9. The molecule has 10 atom stereocenters. The number of nitrogens with two attached hydrogens (primary N) is 2. The average molecular weight is 814 g/mol. The zero-order chi connectivity index (χ0) is 39.3. The molecule has 7 heterocycles. The minimum atomic E-state index is -0.929. The van der Waals surface area contributed by atoms with Crippen LogP contribution in [0.3, 0.4) is 0 Å². The predicted molar refractivity (Wildman–Crippen MR) is 212 cm³/mol. The summed E-state index contributed by atoms with van der Waals surface area (Å²) in [5, 5.41) is 24.5. The average Bonchev–Trinajstić information content (AvgIpc) is 4.05. The number of hydrogen-bond acceptors (Lipinski definition) is 12. The van der Waals surface area contributed by atoms with Gasteiger partial charge in [0.05, 0.1) is 60.5 Å². The van der Waals surface area contributed by atoms with Gasteiger partial charge in [-0.3, -0.25) is 0 Å². The Kier molecular flexibility index (Phi) is 8.99. The van der Waals surface area contributed by atoms with Crippen LogP contribution in [0.25, 0.3) is 22.1 Å². The largest absolute Gasteiger partial charge is 0.390 e. The fourth-order valence-electron chi connectivity index (χ4n) is 9.90. The highest BCUT2D eigenvalue weighted by Crippen LogP contribution is 2.54. The number of aliphatic hydroxyl groups excluding tert-OH is 2. The molecule has 3 fully saturated rings. The number of hydrogen-bond donors (Lipinski definition) is 4. The predicted octanol–water partition coefficient (Wildman–Crippen LogP) is 6.24. The van der Waals surface area contributed by atoms with Crippen LogP contribution in [0.2, 0.25) is 10.0 Å². The number of rotatable bonds is 4. The summed E-state index contributed by atoms with van der Waals surface area (Å²) in [5.74, 6) is 0.154. The molecule has 16 heteroatoms. The van der Waals surface area contributed by atoms with Crippen molar-refractivity contribution in [3.8, 4) is 0 Å². The Bertz CT molecular complexity index is 2510. The zero-order valence-corrected chi connectivity index (χ0v) is 32.7. The van der Waals surface area contributed by atoms with Crippen molar-refractivity contribution in [1.82, 2.24) is 29.1 Å². The highest BCUT2D eigenvalue weighted by Gasteiger charge is 2.58. The molecule has 11 rings (SSSR count). The van der Waals surface area contributed by atoms with Crippen molar-refractivity contribution in [1.29, 1.82) is 0 Å². The maximum Gasteiger partial charge on any atom is 0.163 e. The van der Waals surface area contributed by atoms with E-state index in [9.17, 15) is 10.2 Å². The van der Waals surface area contributed by atoms with Gasteiger partial charge in [-0.15, -0.1) is 0 Å². The van der Waals surface area contributed by atoms with E-state index in [1.54, 1.807) is 0 Å². The molecule has 57 heavy (non-hydrogen) atoms. The third kappa shape index (κ3) is 6.16. The topological polar surface area (TPSA) is 191 Å². The fraction of sp³-hybridized carbons (Fsp3) is 0.415. The quantitative estimate of drug-likeness (QED) is 0.157. The molecule has 296 valence electrons. The highest BCUT2D eigenvalue weighted by molar-refractivity contribution is 6.31. The van der Waals surface area contributed by atoms with Gasteiger partial charge < -0.3 is 49.8 Å². The van der Waals surface area contributed by atoms with Crippen molar-refractivity contribution in [2.75, 3.05) is 11.5 Å². The minimum absolute atomic E-state index is 0.0474. The number of nitrogen functional groups attached to an aromatic ring is 2. The van der Waals surface area contributed by atoms with Gasteiger partial charge in [-0.1, -0.05) is 35.3 Å². The normalized spacial score (nSPS) is 31.1.